The van der Waals surface area contributed by atoms with E-state index in [4.69, 9.17) is 13.9 Å². The summed E-state index contributed by atoms with van der Waals surface area (Å²) in [6, 6.07) is 5.48. The van der Waals surface area contributed by atoms with E-state index in [9.17, 15) is 13.2 Å². The minimum Gasteiger partial charge on any atom is -0.380 e. The van der Waals surface area contributed by atoms with Crippen molar-refractivity contribution in [2.75, 3.05) is 0 Å². The Hall–Kier alpha value is -0.893. The molecular formula is C18H29F3O3Si. The van der Waals surface area contributed by atoms with Crippen LogP contribution in [0.1, 0.15) is 58.1 Å². The van der Waals surface area contributed by atoms with Crippen molar-refractivity contribution in [3.05, 3.63) is 35.4 Å². The zero-order valence-corrected chi connectivity index (χ0v) is 17.7. The highest BCUT2D eigenvalue weighted by atomic mass is 28.2. The molecule has 0 aliphatic carbocycles. The molecule has 0 spiro atoms. The summed E-state index contributed by atoms with van der Waals surface area (Å²) < 4.78 is 55.6. The molecule has 0 radical (unpaired) electrons. The van der Waals surface area contributed by atoms with Crippen LogP contribution in [0.2, 0.25) is 0 Å². The molecule has 0 aromatic heterocycles. The second-order valence-electron chi connectivity index (χ2n) is 6.63. The van der Waals surface area contributed by atoms with Gasteiger partial charge >= 0.3 is 6.18 Å². The molecule has 144 valence electrons. The van der Waals surface area contributed by atoms with E-state index >= 15 is 0 Å². The van der Waals surface area contributed by atoms with Crippen LogP contribution in [0.4, 0.5) is 13.2 Å². The average molecular weight is 379 g/mol. The molecule has 0 atom stereocenters. The molecule has 0 saturated carbocycles. The van der Waals surface area contributed by atoms with E-state index < -0.39 is 17.7 Å². The third-order valence-corrected chi connectivity index (χ3v) is 4.22. The monoisotopic (exact) mass is 378 g/mol. The Kier molecular flexibility index (Phi) is 8.60. The first-order valence-corrected chi connectivity index (χ1v) is 9.46. The van der Waals surface area contributed by atoms with Gasteiger partial charge in [0.25, 0.3) is 5.97 Å². The van der Waals surface area contributed by atoms with Crippen LogP contribution in [0.5, 0.6) is 0 Å². The van der Waals surface area contributed by atoms with Gasteiger partial charge < -0.3 is 13.9 Å². The van der Waals surface area contributed by atoms with Gasteiger partial charge in [-0.05, 0) is 58.6 Å². The van der Waals surface area contributed by atoms with Crippen molar-refractivity contribution >= 4 is 10.5 Å². The lowest BCUT2D eigenvalue weighted by Gasteiger charge is -2.36. The molecule has 0 N–H and O–H groups in total. The Labute approximate surface area is 151 Å². The SMILES string of the molecule is CC(C)OC(CCCCc1cccc(C(F)(F)F)c1)(O[SiH3])OC(C)C. The highest BCUT2D eigenvalue weighted by molar-refractivity contribution is 5.98. The number of hydrogen-bond donors (Lipinski definition) is 0. The Bertz CT molecular complexity index is 509. The van der Waals surface area contributed by atoms with E-state index in [1.54, 1.807) is 6.07 Å². The summed E-state index contributed by atoms with van der Waals surface area (Å²) in [4.78, 5) is 0. The molecule has 0 heterocycles. The lowest BCUT2D eigenvalue weighted by atomic mass is 10.0. The number of aryl methyl sites for hydroxylation is 1. The van der Waals surface area contributed by atoms with Crippen molar-refractivity contribution in [3.63, 3.8) is 0 Å². The summed E-state index contributed by atoms with van der Waals surface area (Å²) in [5.74, 6) is -1.05. The Morgan fingerprint density at radius 1 is 1.00 bits per heavy atom. The first-order valence-electron chi connectivity index (χ1n) is 8.65. The van der Waals surface area contributed by atoms with Gasteiger partial charge in [0.2, 0.25) is 0 Å². The summed E-state index contributed by atoms with van der Waals surface area (Å²) in [6.45, 7) is 7.67. The van der Waals surface area contributed by atoms with Crippen LogP contribution in [0.25, 0.3) is 0 Å². The maximum Gasteiger partial charge on any atom is 0.416 e. The van der Waals surface area contributed by atoms with Crippen molar-refractivity contribution in [2.45, 2.75) is 77.7 Å². The molecule has 7 heteroatoms. The van der Waals surface area contributed by atoms with E-state index in [0.29, 0.717) is 28.9 Å². The fraction of sp³-hybridized carbons (Fsp3) is 0.667. The van der Waals surface area contributed by atoms with Crippen molar-refractivity contribution < 1.29 is 27.1 Å². The lowest BCUT2D eigenvalue weighted by molar-refractivity contribution is -0.369. The fourth-order valence-corrected chi connectivity index (χ4v) is 3.03. The summed E-state index contributed by atoms with van der Waals surface area (Å²) in [5.41, 5.74) is 0.0790. The molecule has 1 aromatic carbocycles. The zero-order valence-electron chi connectivity index (χ0n) is 15.7. The maximum atomic E-state index is 12.8. The maximum absolute atomic E-state index is 12.8. The minimum absolute atomic E-state index is 0.0452. The van der Waals surface area contributed by atoms with Crippen molar-refractivity contribution in [2.24, 2.45) is 0 Å². The number of alkyl halides is 3. The van der Waals surface area contributed by atoms with Crippen molar-refractivity contribution in [1.29, 1.82) is 0 Å². The van der Waals surface area contributed by atoms with Gasteiger partial charge in [0.1, 0.15) is 0 Å². The predicted molar refractivity (Wildman–Crippen MR) is 95.2 cm³/mol. The highest BCUT2D eigenvalue weighted by Gasteiger charge is 2.33. The summed E-state index contributed by atoms with van der Waals surface area (Å²) in [7, 11) is 0.469. The number of hydrogen-bond acceptors (Lipinski definition) is 3. The van der Waals surface area contributed by atoms with Crippen molar-refractivity contribution in [1.82, 2.24) is 0 Å². The molecule has 0 unspecified atom stereocenters. The van der Waals surface area contributed by atoms with Gasteiger partial charge in [0, 0.05) is 6.42 Å². The number of halogens is 3. The molecule has 0 aliphatic rings. The molecule has 0 bridgehead atoms. The second-order valence-corrected chi connectivity index (χ2v) is 7.03. The van der Waals surface area contributed by atoms with Gasteiger partial charge in [0.15, 0.2) is 10.5 Å². The van der Waals surface area contributed by atoms with E-state index in [1.807, 2.05) is 27.7 Å². The molecule has 0 saturated heterocycles. The van der Waals surface area contributed by atoms with E-state index in [0.717, 1.165) is 18.9 Å². The molecule has 0 fully saturated rings. The number of unbranched alkanes of at least 4 members (excludes halogenated alkanes) is 1. The van der Waals surface area contributed by atoms with Crippen LogP contribution in [0, 0.1) is 0 Å². The van der Waals surface area contributed by atoms with Crippen LogP contribution in [-0.2, 0) is 26.5 Å². The topological polar surface area (TPSA) is 27.7 Å². The van der Waals surface area contributed by atoms with Crippen LogP contribution in [0.15, 0.2) is 24.3 Å². The smallest absolute Gasteiger partial charge is 0.380 e. The first kappa shape index (κ1) is 22.1. The van der Waals surface area contributed by atoms with Gasteiger partial charge in [-0.3, -0.25) is 0 Å². The number of benzene rings is 1. The predicted octanol–water partition coefficient (Wildman–Crippen LogP) is 4.22. The van der Waals surface area contributed by atoms with E-state index in [-0.39, 0.29) is 12.2 Å². The Balaban J connectivity index is 2.61. The fourth-order valence-electron chi connectivity index (χ4n) is 2.64. The van der Waals surface area contributed by atoms with Gasteiger partial charge in [0.05, 0.1) is 17.8 Å². The van der Waals surface area contributed by atoms with Gasteiger partial charge in [-0.2, -0.15) is 13.2 Å². The molecule has 1 rings (SSSR count). The summed E-state index contributed by atoms with van der Waals surface area (Å²) in [5, 5.41) is 0. The molecule has 0 amide bonds. The van der Waals surface area contributed by atoms with E-state index in [2.05, 4.69) is 0 Å². The van der Waals surface area contributed by atoms with Crippen LogP contribution in [0.3, 0.4) is 0 Å². The van der Waals surface area contributed by atoms with E-state index in [1.165, 1.54) is 12.1 Å². The van der Waals surface area contributed by atoms with Crippen LogP contribution >= 0.6 is 0 Å². The quantitative estimate of drug-likeness (QED) is 0.347. The Morgan fingerprint density at radius 2 is 1.60 bits per heavy atom. The highest BCUT2D eigenvalue weighted by Crippen LogP contribution is 2.30. The van der Waals surface area contributed by atoms with Gasteiger partial charge in [-0.25, -0.2) is 0 Å². The lowest BCUT2D eigenvalue weighted by Crippen LogP contribution is -2.42. The first-order chi connectivity index (χ1) is 11.6. The van der Waals surface area contributed by atoms with Gasteiger partial charge in [-0.1, -0.05) is 18.2 Å². The average Bonchev–Trinajstić information content (AvgIpc) is 2.49. The molecule has 3 nitrogen and oxygen atoms in total. The van der Waals surface area contributed by atoms with Gasteiger partial charge in [-0.15, -0.1) is 0 Å². The molecule has 25 heavy (non-hydrogen) atoms. The summed E-state index contributed by atoms with van der Waals surface area (Å²) >= 11 is 0. The third kappa shape index (κ3) is 7.90. The van der Waals surface area contributed by atoms with Crippen LogP contribution < -0.4 is 0 Å². The molecular weight excluding hydrogens is 349 g/mol. The largest absolute Gasteiger partial charge is 0.416 e. The summed E-state index contributed by atoms with van der Waals surface area (Å²) in [6.07, 6.45) is -1.81. The number of rotatable bonds is 10. The Morgan fingerprint density at radius 3 is 2.08 bits per heavy atom. The van der Waals surface area contributed by atoms with Crippen LogP contribution in [-0.4, -0.2) is 28.7 Å². The normalized spacial score (nSPS) is 13.2. The zero-order chi connectivity index (χ0) is 19.1. The molecule has 1 aromatic rings. The second kappa shape index (κ2) is 9.71. The standard InChI is InChI=1S/C18H29F3O3Si/c1-13(2)22-17(24-25,23-14(3)4)11-6-5-8-15-9-7-10-16(12-15)18(19,20)21/h7,9-10,12-14H,5-6,8,11H2,1-4,25H3. The van der Waals surface area contributed by atoms with Crippen molar-refractivity contribution in [3.8, 4) is 0 Å². The molecule has 0 aliphatic heterocycles. The number of ether oxygens (including phenoxy) is 2. The minimum atomic E-state index is -4.30. The third-order valence-electron chi connectivity index (χ3n) is 3.59.